The Hall–Kier alpha value is -3.78. The van der Waals surface area contributed by atoms with Crippen molar-refractivity contribution < 1.29 is 24.2 Å². The molecule has 4 rings (SSSR count). The Bertz CT molecular complexity index is 1310. The SMILES string of the molecule is CCOC(=O)c1sc(N2C(=O)C(=O)/C(=C(/O)c3ccccc3)C2c2ccc(C(C)C)cc2)nc1C. The third-order valence-corrected chi connectivity index (χ3v) is 7.00. The van der Waals surface area contributed by atoms with E-state index in [2.05, 4.69) is 18.8 Å². The fourth-order valence-electron chi connectivity index (χ4n) is 4.03. The van der Waals surface area contributed by atoms with Crippen molar-refractivity contribution in [3.05, 3.63) is 87.4 Å². The summed E-state index contributed by atoms with van der Waals surface area (Å²) >= 11 is 0.990. The summed E-state index contributed by atoms with van der Waals surface area (Å²) in [7, 11) is 0. The van der Waals surface area contributed by atoms with E-state index in [0.29, 0.717) is 22.7 Å². The lowest BCUT2D eigenvalue weighted by Gasteiger charge is -2.23. The Balaban J connectivity index is 1.90. The zero-order valence-electron chi connectivity index (χ0n) is 19.9. The molecule has 0 spiro atoms. The Kier molecular flexibility index (Phi) is 6.84. The van der Waals surface area contributed by atoms with E-state index in [9.17, 15) is 19.5 Å². The van der Waals surface area contributed by atoms with Crippen LogP contribution >= 0.6 is 11.3 Å². The minimum absolute atomic E-state index is 0.0240. The van der Waals surface area contributed by atoms with Gasteiger partial charge in [-0.1, -0.05) is 79.8 Å². The lowest BCUT2D eigenvalue weighted by atomic mass is 9.93. The van der Waals surface area contributed by atoms with Gasteiger partial charge in [0, 0.05) is 5.56 Å². The van der Waals surface area contributed by atoms with Crippen molar-refractivity contribution in [1.29, 1.82) is 0 Å². The molecule has 0 saturated carbocycles. The van der Waals surface area contributed by atoms with Gasteiger partial charge in [-0.25, -0.2) is 9.78 Å². The fourth-order valence-corrected chi connectivity index (χ4v) is 5.02. The van der Waals surface area contributed by atoms with Gasteiger partial charge in [0.15, 0.2) is 5.13 Å². The van der Waals surface area contributed by atoms with Gasteiger partial charge in [0.1, 0.15) is 10.6 Å². The first-order valence-corrected chi connectivity index (χ1v) is 12.2. The minimum Gasteiger partial charge on any atom is -0.507 e. The molecule has 1 aliphatic rings. The molecule has 7 nitrogen and oxygen atoms in total. The predicted octanol–water partition coefficient (Wildman–Crippen LogP) is 5.38. The largest absolute Gasteiger partial charge is 0.507 e. The van der Waals surface area contributed by atoms with Gasteiger partial charge in [0.2, 0.25) is 0 Å². The number of thiazole rings is 1. The van der Waals surface area contributed by atoms with Crippen molar-refractivity contribution in [2.75, 3.05) is 11.5 Å². The van der Waals surface area contributed by atoms with Crippen molar-refractivity contribution in [3.8, 4) is 0 Å². The molecular formula is C27H26N2O5S. The second-order valence-electron chi connectivity index (χ2n) is 8.49. The van der Waals surface area contributed by atoms with Crippen molar-refractivity contribution in [2.45, 2.75) is 39.7 Å². The third-order valence-electron chi connectivity index (χ3n) is 5.86. The lowest BCUT2D eigenvalue weighted by Crippen LogP contribution is -2.29. The van der Waals surface area contributed by atoms with E-state index in [1.54, 1.807) is 44.2 Å². The van der Waals surface area contributed by atoms with E-state index in [4.69, 9.17) is 4.74 Å². The number of Topliss-reactive ketones (excluding diaryl/α,β-unsaturated/α-hetero) is 1. The van der Waals surface area contributed by atoms with E-state index in [0.717, 1.165) is 16.9 Å². The molecule has 2 heterocycles. The highest BCUT2D eigenvalue weighted by molar-refractivity contribution is 7.17. The molecule has 1 amide bonds. The quantitative estimate of drug-likeness (QED) is 0.216. The summed E-state index contributed by atoms with van der Waals surface area (Å²) in [4.78, 5) is 44.9. The van der Waals surface area contributed by atoms with Gasteiger partial charge >= 0.3 is 11.9 Å². The van der Waals surface area contributed by atoms with Crippen LogP contribution < -0.4 is 4.90 Å². The molecular weight excluding hydrogens is 464 g/mol. The highest BCUT2D eigenvalue weighted by Crippen LogP contribution is 2.44. The molecule has 0 aliphatic carbocycles. The first kappa shape index (κ1) is 24.3. The number of ether oxygens (including phenoxy) is 1. The van der Waals surface area contributed by atoms with E-state index in [-0.39, 0.29) is 27.9 Å². The first-order valence-electron chi connectivity index (χ1n) is 11.3. The maximum absolute atomic E-state index is 13.3. The highest BCUT2D eigenvalue weighted by Gasteiger charge is 2.48. The summed E-state index contributed by atoms with van der Waals surface area (Å²) in [5.74, 6) is -2.12. The van der Waals surface area contributed by atoms with Crippen LogP contribution in [0.15, 0.2) is 60.2 Å². The second-order valence-corrected chi connectivity index (χ2v) is 9.47. The fraction of sp³-hybridized carbons (Fsp3) is 0.259. The number of hydrogen-bond donors (Lipinski definition) is 1. The number of esters is 1. The van der Waals surface area contributed by atoms with Crippen LogP contribution in [0.1, 0.15) is 64.8 Å². The molecule has 1 aliphatic heterocycles. The Labute approximate surface area is 207 Å². The second kappa shape index (κ2) is 9.84. The number of rotatable bonds is 6. The number of carbonyl (C=O) groups excluding carboxylic acids is 3. The van der Waals surface area contributed by atoms with Crippen LogP contribution in [0.3, 0.4) is 0 Å². The molecule has 1 fully saturated rings. The topological polar surface area (TPSA) is 96.8 Å². The van der Waals surface area contributed by atoms with Crippen LogP contribution in [0.25, 0.3) is 5.76 Å². The third kappa shape index (κ3) is 4.49. The molecule has 8 heteroatoms. The highest BCUT2D eigenvalue weighted by atomic mass is 32.1. The number of anilines is 1. The predicted molar refractivity (Wildman–Crippen MR) is 135 cm³/mol. The molecule has 0 radical (unpaired) electrons. The van der Waals surface area contributed by atoms with Crippen LogP contribution in [-0.2, 0) is 14.3 Å². The summed E-state index contributed by atoms with van der Waals surface area (Å²) in [5.41, 5.74) is 2.56. The molecule has 1 unspecified atom stereocenters. The maximum atomic E-state index is 13.3. The molecule has 1 aromatic heterocycles. The van der Waals surface area contributed by atoms with E-state index in [1.807, 2.05) is 24.3 Å². The molecule has 180 valence electrons. The Morgan fingerprint density at radius 3 is 2.37 bits per heavy atom. The van der Waals surface area contributed by atoms with E-state index in [1.165, 1.54) is 4.90 Å². The number of benzene rings is 2. The summed E-state index contributed by atoms with van der Waals surface area (Å²) in [6.07, 6.45) is 0. The minimum atomic E-state index is -0.906. The standard InChI is InChI=1S/C27H26N2O5S/c1-5-34-26(33)24-16(4)28-27(35-24)29-21(18-13-11-17(12-14-18)15(2)3)20(23(31)25(29)32)22(30)19-9-7-6-8-10-19/h6-15,21,30H,5H2,1-4H3/b22-20+. The van der Waals surface area contributed by atoms with E-state index >= 15 is 0 Å². The smallest absolute Gasteiger partial charge is 0.350 e. The van der Waals surface area contributed by atoms with Crippen molar-refractivity contribution >= 4 is 39.9 Å². The Morgan fingerprint density at radius 1 is 1.11 bits per heavy atom. The lowest BCUT2D eigenvalue weighted by molar-refractivity contribution is -0.132. The number of aliphatic hydroxyl groups excluding tert-OH is 1. The van der Waals surface area contributed by atoms with Crippen molar-refractivity contribution in [3.63, 3.8) is 0 Å². The number of aryl methyl sites for hydroxylation is 1. The van der Waals surface area contributed by atoms with Crippen LogP contribution in [0, 0.1) is 6.92 Å². The van der Waals surface area contributed by atoms with E-state index < -0.39 is 23.7 Å². The average molecular weight is 491 g/mol. The number of amides is 1. The van der Waals surface area contributed by atoms with Crippen LogP contribution in [0.2, 0.25) is 0 Å². The molecule has 0 bridgehead atoms. The van der Waals surface area contributed by atoms with Gasteiger partial charge in [-0.05, 0) is 30.9 Å². The van der Waals surface area contributed by atoms with Gasteiger partial charge in [-0.15, -0.1) is 0 Å². The molecule has 1 atom stereocenters. The maximum Gasteiger partial charge on any atom is 0.350 e. The number of carbonyl (C=O) groups is 3. The number of aromatic nitrogens is 1. The molecule has 1 N–H and O–H groups in total. The van der Waals surface area contributed by atoms with Gasteiger partial charge in [0.05, 0.1) is 23.9 Å². The van der Waals surface area contributed by atoms with Crippen molar-refractivity contribution in [1.82, 2.24) is 4.98 Å². The number of hydrogen-bond acceptors (Lipinski definition) is 7. The van der Waals surface area contributed by atoms with Crippen LogP contribution in [0.5, 0.6) is 0 Å². The van der Waals surface area contributed by atoms with Gasteiger partial charge < -0.3 is 9.84 Å². The van der Waals surface area contributed by atoms with Crippen molar-refractivity contribution in [2.24, 2.45) is 0 Å². The van der Waals surface area contributed by atoms with Crippen LogP contribution in [-0.4, -0.2) is 34.4 Å². The first-order chi connectivity index (χ1) is 16.7. The number of nitrogens with zero attached hydrogens (tertiary/aromatic N) is 2. The number of aliphatic hydroxyl groups is 1. The molecule has 3 aromatic rings. The molecule has 1 saturated heterocycles. The normalized spacial score (nSPS) is 17.3. The van der Waals surface area contributed by atoms with Gasteiger partial charge in [0.25, 0.3) is 5.78 Å². The average Bonchev–Trinajstić information content (AvgIpc) is 3.36. The number of ketones is 1. The Morgan fingerprint density at radius 2 is 1.77 bits per heavy atom. The van der Waals surface area contributed by atoms with Crippen LogP contribution in [0.4, 0.5) is 5.13 Å². The van der Waals surface area contributed by atoms with Gasteiger partial charge in [-0.2, -0.15) is 0 Å². The summed E-state index contributed by atoms with van der Waals surface area (Å²) in [6.45, 7) is 7.71. The summed E-state index contributed by atoms with van der Waals surface area (Å²) in [5, 5.41) is 11.3. The molecule has 2 aromatic carbocycles. The zero-order chi connectivity index (χ0) is 25.3. The summed E-state index contributed by atoms with van der Waals surface area (Å²) < 4.78 is 5.11. The van der Waals surface area contributed by atoms with Gasteiger partial charge in [-0.3, -0.25) is 14.5 Å². The zero-order valence-corrected chi connectivity index (χ0v) is 20.8. The molecule has 35 heavy (non-hydrogen) atoms. The summed E-state index contributed by atoms with van der Waals surface area (Å²) in [6, 6.07) is 15.3. The monoisotopic (exact) mass is 490 g/mol.